The zero-order valence-corrected chi connectivity index (χ0v) is 20.8. The van der Waals surface area contributed by atoms with Crippen molar-refractivity contribution in [2.45, 2.75) is 19.1 Å². The number of sulfonamides is 1. The van der Waals surface area contributed by atoms with Gasteiger partial charge in [0.2, 0.25) is 16.0 Å². The second-order valence-corrected chi connectivity index (χ2v) is 10.4. The molecule has 196 valence electrons. The number of anilines is 4. The maximum Gasteiger partial charge on any atom is 0.421 e. The quantitative estimate of drug-likeness (QED) is 0.450. The Balaban J connectivity index is 1.55. The predicted octanol–water partition coefficient (Wildman–Crippen LogP) is 3.49. The van der Waals surface area contributed by atoms with E-state index in [2.05, 4.69) is 25.6 Å². The largest absolute Gasteiger partial charge is 0.421 e. The first-order valence-corrected chi connectivity index (χ1v) is 13.0. The zero-order chi connectivity index (χ0) is 26.8. The van der Waals surface area contributed by atoms with Gasteiger partial charge in [0.05, 0.1) is 6.26 Å². The van der Waals surface area contributed by atoms with Crippen LogP contribution in [0.5, 0.6) is 0 Å². The monoisotopic (exact) mass is 535 g/mol. The van der Waals surface area contributed by atoms with Crippen LogP contribution in [0, 0.1) is 0 Å². The standard InChI is InChI=1S/C23H24F3N7O3S/c1-32(37(2,35)36)20-16(5-3-10-27-20)13-28-19-18(23(24,25)26)14-29-22(31-19)30-17-8-6-15(7-9-17)21(34)33-11-4-12-33/h3,5-10,14H,4,11-13H2,1-2H3,(H2,28,29,30,31). The van der Waals surface area contributed by atoms with Gasteiger partial charge in [0.1, 0.15) is 17.2 Å². The Kier molecular flexibility index (Phi) is 7.21. The Bertz CT molecular complexity index is 1400. The normalized spacial score (nSPS) is 13.6. The minimum absolute atomic E-state index is 0.0753. The summed E-state index contributed by atoms with van der Waals surface area (Å²) in [7, 11) is -2.34. The number of carbonyl (C=O) groups excluding carboxylic acids is 1. The van der Waals surface area contributed by atoms with Crippen LogP contribution in [0.2, 0.25) is 0 Å². The van der Waals surface area contributed by atoms with Gasteiger partial charge in [-0.15, -0.1) is 0 Å². The van der Waals surface area contributed by atoms with Gasteiger partial charge >= 0.3 is 6.18 Å². The third kappa shape index (κ3) is 6.07. The van der Waals surface area contributed by atoms with Gasteiger partial charge in [-0.05, 0) is 36.8 Å². The number of amides is 1. The van der Waals surface area contributed by atoms with Crippen molar-refractivity contribution in [3.8, 4) is 0 Å². The number of nitrogens with one attached hydrogen (secondary N) is 2. The number of alkyl halides is 3. The second-order valence-electron chi connectivity index (χ2n) is 8.37. The Labute approximate surface area is 211 Å². The van der Waals surface area contributed by atoms with Gasteiger partial charge in [-0.1, -0.05) is 6.07 Å². The van der Waals surface area contributed by atoms with Gasteiger partial charge in [-0.2, -0.15) is 18.2 Å². The highest BCUT2D eigenvalue weighted by Crippen LogP contribution is 2.34. The lowest BCUT2D eigenvalue weighted by molar-refractivity contribution is -0.137. The summed E-state index contributed by atoms with van der Waals surface area (Å²) in [5.41, 5.74) is 0.247. The van der Waals surface area contributed by atoms with Gasteiger partial charge in [0.15, 0.2) is 0 Å². The molecule has 0 spiro atoms. The summed E-state index contributed by atoms with van der Waals surface area (Å²) in [5.74, 6) is -0.596. The van der Waals surface area contributed by atoms with Crippen LogP contribution >= 0.6 is 0 Å². The molecular weight excluding hydrogens is 511 g/mol. The van der Waals surface area contributed by atoms with E-state index in [1.165, 1.54) is 13.2 Å². The SMILES string of the molecule is CN(c1ncccc1CNc1nc(Nc2ccc(C(=O)N3CCC3)cc2)ncc1C(F)(F)F)S(C)(=O)=O. The number of nitrogens with zero attached hydrogens (tertiary/aromatic N) is 5. The molecule has 3 heterocycles. The molecule has 3 aromatic rings. The van der Waals surface area contributed by atoms with Gasteiger partial charge < -0.3 is 15.5 Å². The lowest BCUT2D eigenvalue weighted by Crippen LogP contribution is -2.41. The molecule has 10 nitrogen and oxygen atoms in total. The molecule has 14 heteroatoms. The molecule has 2 N–H and O–H groups in total. The predicted molar refractivity (Wildman–Crippen MR) is 132 cm³/mol. The first kappa shape index (κ1) is 26.1. The van der Waals surface area contributed by atoms with Crippen LogP contribution in [0.15, 0.2) is 48.8 Å². The number of rotatable bonds is 8. The summed E-state index contributed by atoms with van der Waals surface area (Å²) in [6.07, 6.45) is -0.718. The van der Waals surface area contributed by atoms with Crippen LogP contribution in [-0.4, -0.2) is 60.6 Å². The van der Waals surface area contributed by atoms with E-state index >= 15 is 0 Å². The van der Waals surface area contributed by atoms with Crippen LogP contribution in [0.1, 0.15) is 27.9 Å². The molecule has 0 saturated carbocycles. The van der Waals surface area contributed by atoms with Crippen LogP contribution in [-0.2, 0) is 22.7 Å². The molecule has 0 atom stereocenters. The van der Waals surface area contributed by atoms with Crippen LogP contribution in [0.4, 0.5) is 36.4 Å². The van der Waals surface area contributed by atoms with Crippen molar-refractivity contribution in [3.05, 3.63) is 65.5 Å². The number of hydrogen-bond acceptors (Lipinski definition) is 8. The molecule has 1 aromatic carbocycles. The first-order valence-electron chi connectivity index (χ1n) is 11.2. The number of hydrogen-bond donors (Lipinski definition) is 2. The van der Waals surface area contributed by atoms with Crippen molar-refractivity contribution in [2.75, 3.05) is 41.3 Å². The smallest absolute Gasteiger partial charge is 0.365 e. The third-order valence-corrected chi connectivity index (χ3v) is 6.90. The van der Waals surface area contributed by atoms with E-state index < -0.39 is 27.6 Å². The van der Waals surface area contributed by atoms with E-state index in [1.807, 2.05) is 0 Å². The fourth-order valence-corrected chi connectivity index (χ4v) is 3.98. The van der Waals surface area contributed by atoms with E-state index in [0.717, 1.165) is 30.1 Å². The summed E-state index contributed by atoms with van der Waals surface area (Å²) < 4.78 is 65.7. The number of aromatic nitrogens is 3. The molecule has 37 heavy (non-hydrogen) atoms. The van der Waals surface area contributed by atoms with E-state index in [0.29, 0.717) is 23.0 Å². The molecule has 0 radical (unpaired) electrons. The molecule has 0 aliphatic carbocycles. The molecule has 2 aromatic heterocycles. The summed E-state index contributed by atoms with van der Waals surface area (Å²) in [6, 6.07) is 9.56. The van der Waals surface area contributed by atoms with Gasteiger partial charge in [-0.25, -0.2) is 18.4 Å². The Morgan fingerprint density at radius 2 is 1.84 bits per heavy atom. The molecular formula is C23H24F3N7O3S. The summed E-state index contributed by atoms with van der Waals surface area (Å²) >= 11 is 0. The van der Waals surface area contributed by atoms with E-state index in [4.69, 9.17) is 0 Å². The average Bonchev–Trinajstić information content (AvgIpc) is 2.80. The molecule has 1 amide bonds. The lowest BCUT2D eigenvalue weighted by Gasteiger charge is -2.30. The molecule has 1 aliphatic heterocycles. The van der Waals surface area contributed by atoms with Crippen molar-refractivity contribution >= 4 is 39.2 Å². The highest BCUT2D eigenvalue weighted by Gasteiger charge is 2.35. The summed E-state index contributed by atoms with van der Waals surface area (Å²) in [5, 5.41) is 5.48. The molecule has 1 aliphatic rings. The van der Waals surface area contributed by atoms with E-state index in [1.54, 1.807) is 41.3 Å². The van der Waals surface area contributed by atoms with Gasteiger partial charge in [-0.3, -0.25) is 9.10 Å². The lowest BCUT2D eigenvalue weighted by atomic mass is 10.1. The minimum Gasteiger partial charge on any atom is -0.365 e. The molecule has 1 saturated heterocycles. The number of carbonyl (C=O) groups is 1. The first-order chi connectivity index (χ1) is 17.4. The van der Waals surface area contributed by atoms with Crippen molar-refractivity contribution in [2.24, 2.45) is 0 Å². The van der Waals surface area contributed by atoms with Crippen LogP contribution in [0.3, 0.4) is 0 Å². The fourth-order valence-electron chi connectivity index (χ4n) is 3.50. The minimum atomic E-state index is -4.74. The summed E-state index contributed by atoms with van der Waals surface area (Å²) in [6.45, 7) is 1.26. The van der Waals surface area contributed by atoms with Crippen molar-refractivity contribution in [3.63, 3.8) is 0 Å². The highest BCUT2D eigenvalue weighted by molar-refractivity contribution is 7.92. The van der Waals surface area contributed by atoms with Crippen molar-refractivity contribution in [1.82, 2.24) is 19.9 Å². The maximum atomic E-state index is 13.6. The maximum absolute atomic E-state index is 13.6. The molecule has 4 rings (SSSR count). The van der Waals surface area contributed by atoms with E-state index in [9.17, 15) is 26.4 Å². The summed E-state index contributed by atoms with van der Waals surface area (Å²) in [4.78, 5) is 25.9. The third-order valence-electron chi connectivity index (χ3n) is 5.73. The topological polar surface area (TPSA) is 120 Å². The number of benzene rings is 1. The molecule has 1 fully saturated rings. The van der Waals surface area contributed by atoms with Gasteiger partial charge in [0, 0.05) is 55.9 Å². The van der Waals surface area contributed by atoms with Crippen LogP contribution < -0.4 is 14.9 Å². The Morgan fingerprint density at radius 3 is 2.43 bits per heavy atom. The highest BCUT2D eigenvalue weighted by atomic mass is 32.2. The Morgan fingerprint density at radius 1 is 1.14 bits per heavy atom. The zero-order valence-electron chi connectivity index (χ0n) is 20.0. The molecule has 0 unspecified atom stereocenters. The van der Waals surface area contributed by atoms with Gasteiger partial charge in [0.25, 0.3) is 5.91 Å². The van der Waals surface area contributed by atoms with Crippen LogP contribution in [0.25, 0.3) is 0 Å². The number of pyridine rings is 1. The Hall–Kier alpha value is -3.94. The van der Waals surface area contributed by atoms with E-state index in [-0.39, 0.29) is 24.2 Å². The second kappa shape index (κ2) is 10.2. The van der Waals surface area contributed by atoms with Crippen molar-refractivity contribution in [1.29, 1.82) is 0 Å². The van der Waals surface area contributed by atoms with Crippen molar-refractivity contribution < 1.29 is 26.4 Å². The molecule has 0 bridgehead atoms. The number of likely N-dealkylation sites (tertiary alicyclic amines) is 1. The fraction of sp³-hybridized carbons (Fsp3) is 0.304. The number of halogens is 3. The average molecular weight is 536 g/mol.